The Morgan fingerprint density at radius 3 is 2.37 bits per heavy atom. The van der Waals surface area contributed by atoms with Crippen molar-refractivity contribution in [1.29, 1.82) is 0 Å². The fraction of sp³-hybridized carbons (Fsp3) is 0.250. The largest absolute Gasteiger partial charge is 0.395 e. The van der Waals surface area contributed by atoms with Crippen LogP contribution in [0.4, 0.5) is 17.1 Å². The van der Waals surface area contributed by atoms with Crippen molar-refractivity contribution in [2.45, 2.75) is 17.4 Å². The summed E-state index contributed by atoms with van der Waals surface area (Å²) in [7, 11) is -3.95. The summed E-state index contributed by atoms with van der Waals surface area (Å²) in [5.74, 6) is 0. The Bertz CT molecular complexity index is 1020. The van der Waals surface area contributed by atoms with E-state index in [1.807, 2.05) is 0 Å². The first-order valence-electron chi connectivity index (χ1n) is 7.85. The van der Waals surface area contributed by atoms with Crippen LogP contribution in [0.5, 0.6) is 0 Å². The molecule has 0 fully saturated rings. The van der Waals surface area contributed by atoms with Crippen LogP contribution in [0.25, 0.3) is 0 Å². The Balaban J connectivity index is 2.17. The zero-order chi connectivity index (χ0) is 20.0. The molecule has 4 N–H and O–H groups in total. The molecule has 0 amide bonds. The van der Waals surface area contributed by atoms with Crippen molar-refractivity contribution in [3.05, 3.63) is 57.6 Å². The normalized spacial score (nSPS) is 18.7. The highest BCUT2D eigenvalue weighted by atomic mass is 32.2. The Morgan fingerprint density at radius 2 is 1.78 bits per heavy atom. The number of hydrogen-bond acceptors (Lipinski definition) is 8. The number of nitrogens with one attached hydrogen (secondary N) is 1. The topological polar surface area (TPSA) is 153 Å². The van der Waals surface area contributed by atoms with Crippen LogP contribution in [0.1, 0.15) is 18.1 Å². The number of nitrogens with zero attached hydrogens (tertiary/aromatic N) is 2. The number of aliphatic hydroxyl groups excluding tert-OH is 1. The highest BCUT2D eigenvalue weighted by Gasteiger charge is 2.40. The number of anilines is 2. The van der Waals surface area contributed by atoms with Crippen molar-refractivity contribution in [1.82, 2.24) is 4.72 Å². The lowest BCUT2D eigenvalue weighted by molar-refractivity contribution is -0.385. The fourth-order valence-corrected chi connectivity index (χ4v) is 4.05. The minimum atomic E-state index is -3.95. The summed E-state index contributed by atoms with van der Waals surface area (Å²) in [5, 5.41) is 42.1. The Morgan fingerprint density at radius 1 is 1.19 bits per heavy atom. The van der Waals surface area contributed by atoms with Crippen molar-refractivity contribution >= 4 is 27.1 Å². The Labute approximate surface area is 154 Å². The summed E-state index contributed by atoms with van der Waals surface area (Å²) in [4.78, 5) is 10.2. The van der Waals surface area contributed by atoms with E-state index >= 15 is 0 Å². The first-order chi connectivity index (χ1) is 12.6. The zero-order valence-corrected chi connectivity index (χ0v) is 15.0. The first kappa shape index (κ1) is 19.2. The summed E-state index contributed by atoms with van der Waals surface area (Å²) in [6.07, 6.45) is 0. The molecule has 1 heterocycles. The molecule has 0 spiro atoms. The molecule has 0 saturated carbocycles. The number of fused-ring (bicyclic) bond motifs is 2. The van der Waals surface area contributed by atoms with Crippen LogP contribution in [0.15, 0.2) is 41.3 Å². The third-order valence-corrected chi connectivity index (χ3v) is 5.84. The van der Waals surface area contributed by atoms with Gasteiger partial charge in [-0.2, -0.15) is 0 Å². The van der Waals surface area contributed by atoms with Gasteiger partial charge in [0.1, 0.15) is 5.60 Å². The number of non-ortho nitro benzene ring substituents is 1. The number of benzene rings is 2. The Kier molecular flexibility index (Phi) is 4.66. The van der Waals surface area contributed by atoms with Gasteiger partial charge in [0.05, 0.1) is 27.8 Å². The molecule has 0 aromatic heterocycles. The van der Waals surface area contributed by atoms with Crippen LogP contribution in [0.3, 0.4) is 0 Å². The van der Waals surface area contributed by atoms with Gasteiger partial charge in [0.25, 0.3) is 5.69 Å². The molecule has 1 aliphatic rings. The van der Waals surface area contributed by atoms with Gasteiger partial charge in [-0.25, -0.2) is 18.2 Å². The van der Waals surface area contributed by atoms with Gasteiger partial charge in [-0.3, -0.25) is 15.3 Å². The van der Waals surface area contributed by atoms with E-state index in [4.69, 9.17) is 5.11 Å². The van der Waals surface area contributed by atoms with Gasteiger partial charge < -0.3 is 10.2 Å². The van der Waals surface area contributed by atoms with E-state index in [0.29, 0.717) is 0 Å². The van der Waals surface area contributed by atoms with E-state index in [1.54, 1.807) is 0 Å². The van der Waals surface area contributed by atoms with Gasteiger partial charge in [0, 0.05) is 29.8 Å². The smallest absolute Gasteiger partial charge is 0.269 e. The second kappa shape index (κ2) is 6.55. The van der Waals surface area contributed by atoms with Crippen LogP contribution in [-0.4, -0.2) is 41.9 Å². The molecule has 2 aromatic carbocycles. The van der Waals surface area contributed by atoms with Crippen LogP contribution in [-0.2, 0) is 15.6 Å². The van der Waals surface area contributed by atoms with Gasteiger partial charge in [-0.1, -0.05) is 0 Å². The average molecular weight is 395 g/mol. The van der Waals surface area contributed by atoms with Crippen molar-refractivity contribution < 1.29 is 28.8 Å². The number of rotatable bonds is 5. The third kappa shape index (κ3) is 3.15. The molecule has 0 bridgehead atoms. The molecule has 1 aliphatic heterocycles. The van der Waals surface area contributed by atoms with Gasteiger partial charge in [0.2, 0.25) is 10.0 Å². The van der Waals surface area contributed by atoms with E-state index in [1.165, 1.54) is 37.3 Å². The standard InChI is InChI=1S/C16H17N3O7S/c1-16(21)12-8-10(19(23)24)2-4-14(12)18(22)15-5-3-11(9-13(15)16)27(25,26)17-6-7-20/h2-5,8-9,17,20-22H,6-7H2,1H3. The summed E-state index contributed by atoms with van der Waals surface area (Å²) < 4.78 is 26.8. The summed E-state index contributed by atoms with van der Waals surface area (Å²) in [6, 6.07) is 7.38. The summed E-state index contributed by atoms with van der Waals surface area (Å²) >= 11 is 0. The molecule has 3 rings (SSSR count). The van der Waals surface area contributed by atoms with Gasteiger partial charge in [0.15, 0.2) is 0 Å². The number of hydrogen-bond donors (Lipinski definition) is 4. The number of aliphatic hydroxyl groups is 2. The predicted octanol–water partition coefficient (Wildman–Crippen LogP) is 0.962. The highest BCUT2D eigenvalue weighted by Crippen LogP contribution is 2.48. The molecule has 2 aromatic rings. The molecule has 0 aliphatic carbocycles. The number of nitro groups is 1. The molecule has 11 heteroatoms. The van der Waals surface area contributed by atoms with Crippen molar-refractivity contribution in [2.24, 2.45) is 0 Å². The molecule has 144 valence electrons. The lowest BCUT2D eigenvalue weighted by Gasteiger charge is -2.37. The molecule has 27 heavy (non-hydrogen) atoms. The SMILES string of the molecule is CC1(O)c2cc([N+](=O)[O-])ccc2N(O)c2ccc(S(=O)(=O)NCCO)cc21. The second-order valence-corrected chi connectivity index (χ2v) is 7.91. The third-order valence-electron chi connectivity index (χ3n) is 4.38. The van der Waals surface area contributed by atoms with Gasteiger partial charge >= 0.3 is 0 Å². The summed E-state index contributed by atoms with van der Waals surface area (Å²) in [5.41, 5.74) is -1.67. The maximum Gasteiger partial charge on any atom is 0.269 e. The van der Waals surface area contributed by atoms with E-state index in [2.05, 4.69) is 4.72 Å². The molecule has 1 unspecified atom stereocenters. The van der Waals surface area contributed by atoms with E-state index in [0.717, 1.165) is 11.1 Å². The van der Waals surface area contributed by atoms with Gasteiger partial charge in [-0.15, -0.1) is 0 Å². The predicted molar refractivity (Wildman–Crippen MR) is 94.4 cm³/mol. The monoisotopic (exact) mass is 395 g/mol. The second-order valence-electron chi connectivity index (χ2n) is 6.14. The molecule has 0 saturated heterocycles. The maximum absolute atomic E-state index is 12.3. The van der Waals surface area contributed by atoms with E-state index < -0.39 is 20.5 Å². The zero-order valence-electron chi connectivity index (χ0n) is 14.2. The number of nitro benzene ring substituents is 1. The number of sulfonamides is 1. The van der Waals surface area contributed by atoms with Crippen LogP contribution in [0.2, 0.25) is 0 Å². The quantitative estimate of drug-likeness (QED) is 0.431. The molecule has 0 radical (unpaired) electrons. The molecular formula is C16H17N3O7S. The van der Waals surface area contributed by atoms with Crippen LogP contribution in [0, 0.1) is 10.1 Å². The van der Waals surface area contributed by atoms with Gasteiger partial charge in [-0.05, 0) is 31.2 Å². The maximum atomic E-state index is 12.3. The highest BCUT2D eigenvalue weighted by molar-refractivity contribution is 7.89. The van der Waals surface area contributed by atoms with Crippen LogP contribution >= 0.6 is 0 Å². The lowest BCUT2D eigenvalue weighted by Crippen LogP contribution is -2.34. The first-order valence-corrected chi connectivity index (χ1v) is 9.33. The molecule has 1 atom stereocenters. The minimum Gasteiger partial charge on any atom is -0.395 e. The minimum absolute atomic E-state index is 0.0598. The van der Waals surface area contributed by atoms with Crippen molar-refractivity contribution in [3.63, 3.8) is 0 Å². The fourth-order valence-electron chi connectivity index (χ4n) is 3.01. The average Bonchev–Trinajstić information content (AvgIpc) is 2.64. The van der Waals surface area contributed by atoms with Crippen LogP contribution < -0.4 is 9.79 Å². The molecular weight excluding hydrogens is 378 g/mol. The molecule has 10 nitrogen and oxygen atoms in total. The Hall–Kier alpha value is -2.57. The lowest BCUT2D eigenvalue weighted by atomic mass is 9.82. The van der Waals surface area contributed by atoms with Crippen molar-refractivity contribution in [3.8, 4) is 0 Å². The van der Waals surface area contributed by atoms with E-state index in [-0.39, 0.29) is 46.2 Å². The van der Waals surface area contributed by atoms with E-state index in [9.17, 15) is 28.8 Å². The van der Waals surface area contributed by atoms with Crippen molar-refractivity contribution in [2.75, 3.05) is 18.2 Å². The summed E-state index contributed by atoms with van der Waals surface area (Å²) in [6.45, 7) is 0.791.